The van der Waals surface area contributed by atoms with Gasteiger partial charge in [-0.25, -0.2) is 4.99 Å². The fourth-order valence-electron chi connectivity index (χ4n) is 3.03. The van der Waals surface area contributed by atoms with E-state index in [2.05, 4.69) is 14.8 Å². The summed E-state index contributed by atoms with van der Waals surface area (Å²) in [5.74, 6) is -1.67. The zero-order valence-electron chi connectivity index (χ0n) is 17.0. The molecule has 0 bridgehead atoms. The molecule has 0 saturated heterocycles. The number of aromatic nitrogens is 2. The molecule has 9 heteroatoms. The van der Waals surface area contributed by atoms with Crippen molar-refractivity contribution in [2.45, 2.75) is 0 Å². The van der Waals surface area contributed by atoms with Gasteiger partial charge in [0.2, 0.25) is 5.78 Å². The van der Waals surface area contributed by atoms with Gasteiger partial charge in [-0.1, -0.05) is 77.1 Å². The number of rotatable bonds is 6. The Bertz CT molecular complexity index is 1210. The Morgan fingerprint density at radius 2 is 1.84 bits per heavy atom. The van der Waals surface area contributed by atoms with Gasteiger partial charge in [0.15, 0.2) is 18.2 Å². The average Bonchev–Trinajstić information content (AvgIpc) is 3.31. The van der Waals surface area contributed by atoms with Crippen LogP contribution >= 0.6 is 11.8 Å². The normalized spacial score (nSPS) is 15.0. The first kappa shape index (κ1) is 21.3. The summed E-state index contributed by atoms with van der Waals surface area (Å²) in [7, 11) is 1.45. The fourth-order valence-corrected chi connectivity index (χ4v) is 3.91. The summed E-state index contributed by atoms with van der Waals surface area (Å²) in [6, 6.07) is 18.7. The lowest BCUT2D eigenvalue weighted by atomic mass is 10.2. The number of aryl methyl sites for hydroxylation is 1. The number of Topliss-reactive ketones (excluding diaryl/α,β-unsaturated/α-hetero) is 1. The number of amidine groups is 1. The van der Waals surface area contributed by atoms with Crippen molar-refractivity contribution in [2.24, 2.45) is 12.0 Å². The molecule has 0 unspecified atom stereocenters. The Morgan fingerprint density at radius 3 is 2.50 bits per heavy atom. The lowest BCUT2D eigenvalue weighted by Gasteiger charge is -2.17. The molecule has 0 aliphatic carbocycles. The van der Waals surface area contributed by atoms with E-state index in [1.165, 1.54) is 11.9 Å². The quantitative estimate of drug-likeness (QED) is 0.327. The van der Waals surface area contributed by atoms with Crippen LogP contribution in [0, 0.1) is 0 Å². The van der Waals surface area contributed by atoms with Crippen LogP contribution in [-0.4, -0.2) is 27.9 Å². The molecule has 4 rings (SSSR count). The van der Waals surface area contributed by atoms with Crippen LogP contribution in [0.1, 0.15) is 16.1 Å². The van der Waals surface area contributed by atoms with Gasteiger partial charge in [-0.3, -0.25) is 14.5 Å². The lowest BCUT2D eigenvalue weighted by Crippen LogP contribution is -2.38. The molecule has 1 aliphatic heterocycles. The maximum atomic E-state index is 13.1. The number of nitrogens with zero attached hydrogens (tertiary/aromatic N) is 4. The number of anilines is 1. The smallest absolute Gasteiger partial charge is 0.300 e. The number of benzene rings is 2. The number of ketones is 1. The van der Waals surface area contributed by atoms with Crippen molar-refractivity contribution >= 4 is 40.4 Å². The van der Waals surface area contributed by atoms with Crippen molar-refractivity contribution in [3.8, 4) is 5.95 Å². The minimum atomic E-state index is -0.797. The average molecular weight is 446 g/mol. The van der Waals surface area contributed by atoms with Crippen LogP contribution < -0.4 is 14.7 Å². The third kappa shape index (κ3) is 4.52. The summed E-state index contributed by atoms with van der Waals surface area (Å²) in [6.45, 7) is 0. The Balaban J connectivity index is 1.58. The molecule has 8 nitrogen and oxygen atoms in total. The molecule has 3 aromatic rings. The second-order valence-corrected chi connectivity index (χ2v) is 7.68. The minimum absolute atomic E-state index is 0.104. The van der Waals surface area contributed by atoms with Crippen molar-refractivity contribution in [2.75, 3.05) is 10.7 Å². The van der Waals surface area contributed by atoms with Crippen molar-refractivity contribution in [1.82, 2.24) is 5.27 Å². The van der Waals surface area contributed by atoms with Crippen LogP contribution in [0.5, 0.6) is 5.95 Å². The lowest BCUT2D eigenvalue weighted by molar-refractivity contribution is -0.741. The number of aliphatic imine (C=N–C) groups is 1. The molecule has 1 aliphatic rings. The van der Waals surface area contributed by atoms with E-state index in [1.54, 1.807) is 24.3 Å². The van der Waals surface area contributed by atoms with E-state index in [9.17, 15) is 14.7 Å². The first-order chi connectivity index (χ1) is 15.5. The Kier molecular flexibility index (Phi) is 6.27. The maximum Gasteiger partial charge on any atom is 0.300 e. The molecular weight excluding hydrogens is 428 g/mol. The molecule has 0 spiro atoms. The molecule has 2 heterocycles. The van der Waals surface area contributed by atoms with E-state index < -0.39 is 11.7 Å². The van der Waals surface area contributed by atoms with E-state index >= 15 is 0 Å². The van der Waals surface area contributed by atoms with Gasteiger partial charge >= 0.3 is 0 Å². The predicted molar refractivity (Wildman–Crippen MR) is 119 cm³/mol. The number of hydrogen-bond acceptors (Lipinski definition) is 7. The third-order valence-corrected chi connectivity index (χ3v) is 5.48. The molecule has 0 atom stereocenters. The van der Waals surface area contributed by atoms with E-state index in [0.29, 0.717) is 10.9 Å². The summed E-state index contributed by atoms with van der Waals surface area (Å²) >= 11 is 1.07. The zero-order chi connectivity index (χ0) is 22.5. The molecule has 1 aromatic heterocycles. The molecular formula is C23H18N4O4S. The summed E-state index contributed by atoms with van der Waals surface area (Å²) in [5.41, 5.74) is 1.71. The minimum Gasteiger partial charge on any atom is -0.539 e. The second kappa shape index (κ2) is 9.44. The van der Waals surface area contributed by atoms with Crippen molar-refractivity contribution < 1.29 is 23.9 Å². The molecule has 0 N–H and O–H groups in total. The van der Waals surface area contributed by atoms with Crippen molar-refractivity contribution in [1.29, 1.82) is 0 Å². The van der Waals surface area contributed by atoms with Crippen LogP contribution in [0.25, 0.3) is 6.08 Å². The highest BCUT2D eigenvalue weighted by molar-refractivity contribution is 8.14. The Labute approximate surface area is 188 Å². The molecule has 0 fully saturated rings. The SMILES string of the molecule is C[n+]1noc([O-])c1C(=O)CSC1=N/C(=C/C=C/c2ccccc2)C(=O)N1c1ccccc1. The van der Waals surface area contributed by atoms with E-state index in [0.717, 1.165) is 22.0 Å². The fraction of sp³-hybridized carbons (Fsp3) is 0.0870. The molecule has 32 heavy (non-hydrogen) atoms. The molecule has 1 amide bonds. The topological polar surface area (TPSA) is 103 Å². The maximum absolute atomic E-state index is 13.1. The van der Waals surface area contributed by atoms with Crippen LogP contribution in [-0.2, 0) is 11.8 Å². The highest BCUT2D eigenvalue weighted by Crippen LogP contribution is 2.28. The van der Waals surface area contributed by atoms with Crippen LogP contribution in [0.4, 0.5) is 5.69 Å². The highest BCUT2D eigenvalue weighted by Gasteiger charge is 2.33. The summed E-state index contributed by atoms with van der Waals surface area (Å²) in [6.07, 6.45) is 5.27. The van der Waals surface area contributed by atoms with E-state index in [4.69, 9.17) is 0 Å². The number of allylic oxidation sites excluding steroid dienone is 2. The van der Waals surface area contributed by atoms with Gasteiger partial charge < -0.3 is 9.63 Å². The third-order valence-electron chi connectivity index (χ3n) is 4.55. The summed E-state index contributed by atoms with van der Waals surface area (Å²) in [4.78, 5) is 31.5. The van der Waals surface area contributed by atoms with Crippen molar-refractivity contribution in [3.63, 3.8) is 0 Å². The van der Waals surface area contributed by atoms with Gasteiger partial charge in [0.05, 0.1) is 16.7 Å². The first-order valence-corrected chi connectivity index (χ1v) is 10.6. The van der Waals surface area contributed by atoms with Gasteiger partial charge in [0, 0.05) is 0 Å². The van der Waals surface area contributed by atoms with Gasteiger partial charge in [-0.2, -0.15) is 0 Å². The number of carbonyl (C=O) groups is 2. The van der Waals surface area contributed by atoms with Gasteiger partial charge in [0.1, 0.15) is 5.70 Å². The number of hydrogen-bond donors (Lipinski definition) is 0. The number of amides is 1. The van der Waals surface area contributed by atoms with Gasteiger partial charge in [0.25, 0.3) is 11.6 Å². The standard InChI is InChI=1S/C23H18N4O4S/c1-26-20(22(30)31-25-26)19(28)15-32-23-24-18(14-8-11-16-9-4-2-5-10-16)21(29)27(23)17-12-6-3-7-13-17/h2-14H,15H2,1H3/b11-8+,18-14+. The van der Waals surface area contributed by atoms with Gasteiger partial charge in [-0.15, -0.1) is 0 Å². The molecule has 2 aromatic carbocycles. The first-order valence-electron chi connectivity index (χ1n) is 9.65. The zero-order valence-corrected chi connectivity index (χ0v) is 17.9. The Morgan fingerprint density at radius 1 is 1.16 bits per heavy atom. The summed E-state index contributed by atoms with van der Waals surface area (Å²) in [5, 5.41) is 15.5. The van der Waals surface area contributed by atoms with Crippen LogP contribution in [0.15, 0.2) is 88.0 Å². The number of carbonyl (C=O) groups excluding carboxylic acids is 2. The monoisotopic (exact) mass is 446 g/mol. The molecule has 0 saturated carbocycles. The summed E-state index contributed by atoms with van der Waals surface area (Å²) < 4.78 is 5.61. The number of para-hydroxylation sites is 1. The number of thioether (sulfide) groups is 1. The van der Waals surface area contributed by atoms with E-state index in [-0.39, 0.29) is 23.1 Å². The highest BCUT2D eigenvalue weighted by atomic mass is 32.2. The molecule has 160 valence electrons. The molecule has 0 radical (unpaired) electrons. The van der Waals surface area contributed by atoms with Crippen LogP contribution in [0.2, 0.25) is 0 Å². The van der Waals surface area contributed by atoms with E-state index in [1.807, 2.05) is 54.6 Å². The predicted octanol–water partition coefficient (Wildman–Crippen LogP) is 2.49. The van der Waals surface area contributed by atoms with Crippen LogP contribution in [0.3, 0.4) is 0 Å². The second-order valence-electron chi connectivity index (χ2n) is 6.74. The van der Waals surface area contributed by atoms with Crippen molar-refractivity contribution in [3.05, 3.63) is 89.8 Å². The largest absolute Gasteiger partial charge is 0.539 e. The Hall–Kier alpha value is -3.98. The van der Waals surface area contributed by atoms with Gasteiger partial charge in [-0.05, 0) is 23.8 Å².